The molecule has 0 spiro atoms. The van der Waals surface area contributed by atoms with E-state index in [1.165, 1.54) is 25.7 Å². The quantitative estimate of drug-likeness (QED) is 0.882. The highest BCUT2D eigenvalue weighted by molar-refractivity contribution is 6.32. The van der Waals surface area contributed by atoms with Crippen LogP contribution >= 0.6 is 11.6 Å². The second-order valence-corrected chi connectivity index (χ2v) is 6.14. The molecule has 2 rings (SSSR count). The molecular weight excluding hydrogens is 258 g/mol. The Hall–Kier alpha value is -0.730. The lowest BCUT2D eigenvalue weighted by Gasteiger charge is -2.38. The summed E-state index contributed by atoms with van der Waals surface area (Å²) >= 11 is 6.08. The Morgan fingerprint density at radius 2 is 2.05 bits per heavy atom. The topological polar surface area (TPSA) is 35.2 Å². The first-order chi connectivity index (χ1) is 9.09. The molecule has 1 aromatic carbocycles. The third kappa shape index (κ3) is 3.24. The van der Waals surface area contributed by atoms with Crippen molar-refractivity contribution in [1.29, 1.82) is 0 Å². The van der Waals surface area contributed by atoms with Crippen LogP contribution in [0.2, 0.25) is 5.02 Å². The van der Waals surface area contributed by atoms with Gasteiger partial charge in [-0.05, 0) is 49.3 Å². The second kappa shape index (κ2) is 6.15. The molecule has 0 atom stereocenters. The van der Waals surface area contributed by atoms with E-state index in [0.29, 0.717) is 5.02 Å². The summed E-state index contributed by atoms with van der Waals surface area (Å²) in [5.41, 5.74) is 7.56. The van der Waals surface area contributed by atoms with Gasteiger partial charge in [0, 0.05) is 5.54 Å². The van der Waals surface area contributed by atoms with Crippen molar-refractivity contribution >= 4 is 11.6 Å². The fourth-order valence-corrected chi connectivity index (χ4v) is 3.34. The van der Waals surface area contributed by atoms with Crippen molar-refractivity contribution < 1.29 is 4.74 Å². The van der Waals surface area contributed by atoms with Gasteiger partial charge in [0.15, 0.2) is 0 Å². The summed E-state index contributed by atoms with van der Waals surface area (Å²) in [5.74, 6) is 1.58. The molecule has 0 heterocycles. The van der Waals surface area contributed by atoms with Crippen molar-refractivity contribution in [2.24, 2.45) is 11.7 Å². The van der Waals surface area contributed by atoms with Crippen LogP contribution in [0, 0.1) is 5.92 Å². The van der Waals surface area contributed by atoms with E-state index in [4.69, 9.17) is 22.1 Å². The highest BCUT2D eigenvalue weighted by Gasteiger charge is 2.33. The van der Waals surface area contributed by atoms with E-state index in [2.05, 4.69) is 6.92 Å². The molecule has 0 unspecified atom stereocenters. The largest absolute Gasteiger partial charge is 0.495 e. The predicted molar refractivity (Wildman–Crippen MR) is 80.7 cm³/mol. The molecule has 0 amide bonds. The van der Waals surface area contributed by atoms with Gasteiger partial charge in [0.1, 0.15) is 5.75 Å². The number of methoxy groups -OCH3 is 1. The number of hydrogen-bond donors (Lipinski definition) is 1. The molecule has 1 aliphatic carbocycles. The average Bonchev–Trinajstić information content (AvgIpc) is 2.42. The van der Waals surface area contributed by atoms with Crippen molar-refractivity contribution in [1.82, 2.24) is 0 Å². The Bertz CT molecular complexity index is 425. The lowest BCUT2D eigenvalue weighted by Crippen LogP contribution is -2.40. The SMILES string of the molecule is CCCC1CCC(N)(c2ccc(Cl)c(OC)c2)CC1. The van der Waals surface area contributed by atoms with E-state index < -0.39 is 0 Å². The van der Waals surface area contributed by atoms with Crippen LogP contribution < -0.4 is 10.5 Å². The molecule has 1 fully saturated rings. The van der Waals surface area contributed by atoms with Gasteiger partial charge in [-0.25, -0.2) is 0 Å². The summed E-state index contributed by atoms with van der Waals surface area (Å²) < 4.78 is 5.29. The minimum Gasteiger partial charge on any atom is -0.495 e. The minimum atomic E-state index is -0.206. The lowest BCUT2D eigenvalue weighted by molar-refractivity contribution is 0.226. The lowest BCUT2D eigenvalue weighted by atomic mass is 9.72. The van der Waals surface area contributed by atoms with Crippen LogP contribution in [0.15, 0.2) is 18.2 Å². The molecule has 1 aromatic rings. The average molecular weight is 282 g/mol. The second-order valence-electron chi connectivity index (χ2n) is 5.74. The number of ether oxygens (including phenoxy) is 1. The molecule has 0 aromatic heterocycles. The van der Waals surface area contributed by atoms with Gasteiger partial charge in [-0.2, -0.15) is 0 Å². The molecule has 3 heteroatoms. The minimum absolute atomic E-state index is 0.206. The summed E-state index contributed by atoms with van der Waals surface area (Å²) in [5, 5.41) is 0.648. The van der Waals surface area contributed by atoms with Crippen LogP contribution in [0.4, 0.5) is 0 Å². The zero-order valence-corrected chi connectivity index (χ0v) is 12.7. The van der Waals surface area contributed by atoms with Crippen molar-refractivity contribution in [2.75, 3.05) is 7.11 Å². The van der Waals surface area contributed by atoms with Crippen molar-refractivity contribution in [3.63, 3.8) is 0 Å². The molecule has 1 saturated carbocycles. The van der Waals surface area contributed by atoms with Crippen LogP contribution in [0.25, 0.3) is 0 Å². The molecule has 2 nitrogen and oxygen atoms in total. The zero-order chi connectivity index (χ0) is 13.9. The number of rotatable bonds is 4. The monoisotopic (exact) mass is 281 g/mol. The molecule has 2 N–H and O–H groups in total. The standard InChI is InChI=1S/C16H24ClNO/c1-3-4-12-7-9-16(18,10-8-12)13-5-6-14(17)15(11-13)19-2/h5-6,11-12H,3-4,7-10,18H2,1-2H3. The highest BCUT2D eigenvalue weighted by atomic mass is 35.5. The maximum Gasteiger partial charge on any atom is 0.137 e. The summed E-state index contributed by atoms with van der Waals surface area (Å²) in [4.78, 5) is 0. The van der Waals surface area contributed by atoms with Gasteiger partial charge in [0.05, 0.1) is 12.1 Å². The van der Waals surface area contributed by atoms with E-state index in [9.17, 15) is 0 Å². The highest BCUT2D eigenvalue weighted by Crippen LogP contribution is 2.40. The van der Waals surface area contributed by atoms with Gasteiger partial charge in [-0.1, -0.05) is 37.4 Å². The van der Waals surface area contributed by atoms with Gasteiger partial charge in [-0.15, -0.1) is 0 Å². The molecule has 0 aliphatic heterocycles. The molecule has 19 heavy (non-hydrogen) atoms. The van der Waals surface area contributed by atoms with Crippen molar-refractivity contribution in [3.8, 4) is 5.75 Å². The molecule has 106 valence electrons. The predicted octanol–water partition coefficient (Wildman–Crippen LogP) is 4.49. The Morgan fingerprint density at radius 1 is 1.37 bits per heavy atom. The normalized spacial score (nSPS) is 27.3. The van der Waals surface area contributed by atoms with E-state index in [1.807, 2.05) is 18.2 Å². The van der Waals surface area contributed by atoms with Crippen LogP contribution in [0.5, 0.6) is 5.75 Å². The summed E-state index contributed by atoms with van der Waals surface area (Å²) in [6, 6.07) is 5.94. The van der Waals surface area contributed by atoms with Crippen molar-refractivity contribution in [3.05, 3.63) is 28.8 Å². The van der Waals surface area contributed by atoms with Gasteiger partial charge in [0.25, 0.3) is 0 Å². The molecule has 1 aliphatic rings. The zero-order valence-electron chi connectivity index (χ0n) is 11.9. The third-order valence-electron chi connectivity index (χ3n) is 4.42. The van der Waals surface area contributed by atoms with Crippen LogP contribution in [0.3, 0.4) is 0 Å². The van der Waals surface area contributed by atoms with E-state index in [1.54, 1.807) is 7.11 Å². The smallest absolute Gasteiger partial charge is 0.137 e. The first kappa shape index (κ1) is 14.7. The van der Waals surface area contributed by atoms with Gasteiger partial charge < -0.3 is 10.5 Å². The summed E-state index contributed by atoms with van der Waals surface area (Å²) in [6.45, 7) is 2.26. The molecule has 0 radical (unpaired) electrons. The maximum atomic E-state index is 6.61. The third-order valence-corrected chi connectivity index (χ3v) is 4.73. The number of nitrogens with two attached hydrogens (primary N) is 1. The van der Waals surface area contributed by atoms with E-state index >= 15 is 0 Å². The Morgan fingerprint density at radius 3 is 2.63 bits per heavy atom. The van der Waals surface area contributed by atoms with E-state index in [0.717, 1.165) is 30.1 Å². The van der Waals surface area contributed by atoms with Gasteiger partial charge in [0.2, 0.25) is 0 Å². The number of halogens is 1. The Labute approximate surface area is 121 Å². The van der Waals surface area contributed by atoms with Crippen LogP contribution in [0.1, 0.15) is 51.0 Å². The summed E-state index contributed by atoms with van der Waals surface area (Å²) in [7, 11) is 1.65. The number of hydrogen-bond acceptors (Lipinski definition) is 2. The molecule has 0 bridgehead atoms. The van der Waals surface area contributed by atoms with Crippen LogP contribution in [-0.4, -0.2) is 7.11 Å². The van der Waals surface area contributed by atoms with E-state index in [-0.39, 0.29) is 5.54 Å². The molecule has 0 saturated heterocycles. The first-order valence-electron chi connectivity index (χ1n) is 7.22. The van der Waals surface area contributed by atoms with Crippen LogP contribution in [-0.2, 0) is 5.54 Å². The Kier molecular flexibility index (Phi) is 4.75. The van der Waals surface area contributed by atoms with Crippen molar-refractivity contribution in [2.45, 2.75) is 51.0 Å². The number of benzene rings is 1. The first-order valence-corrected chi connectivity index (χ1v) is 7.59. The fraction of sp³-hybridized carbons (Fsp3) is 0.625. The van der Waals surface area contributed by atoms with Gasteiger partial charge >= 0.3 is 0 Å². The fourth-order valence-electron chi connectivity index (χ4n) is 3.15. The molecular formula is C16H24ClNO. The summed E-state index contributed by atoms with van der Waals surface area (Å²) in [6.07, 6.45) is 7.19. The maximum absolute atomic E-state index is 6.61. The van der Waals surface area contributed by atoms with Gasteiger partial charge in [-0.3, -0.25) is 0 Å². The Balaban J connectivity index is 2.13.